The van der Waals surface area contributed by atoms with Crippen molar-refractivity contribution in [2.75, 3.05) is 11.9 Å². The van der Waals surface area contributed by atoms with Crippen molar-refractivity contribution in [1.82, 2.24) is 19.9 Å². The molecule has 1 saturated carbocycles. The number of anilines is 1. The maximum Gasteiger partial charge on any atom is 0.417 e. The number of alkyl halides is 3. The van der Waals surface area contributed by atoms with Crippen molar-refractivity contribution in [3.05, 3.63) is 47.1 Å². The first-order chi connectivity index (χ1) is 15.3. The van der Waals surface area contributed by atoms with Crippen LogP contribution in [0.2, 0.25) is 5.15 Å². The fourth-order valence-electron chi connectivity index (χ4n) is 4.59. The summed E-state index contributed by atoms with van der Waals surface area (Å²) >= 11 is 5.77. The van der Waals surface area contributed by atoms with Gasteiger partial charge in [-0.1, -0.05) is 11.6 Å². The molecule has 0 aromatic carbocycles. The van der Waals surface area contributed by atoms with Crippen LogP contribution in [-0.2, 0) is 17.4 Å². The standard InChI is InChI=1S/C22H25ClF3N5O/c23-19-13-27-16(12-28-19)5-1-14-2-6-17(7-3-14)31-10-9-18(21(31)32)30-20-8-4-15(11-29-20)22(24,25)26/h4,8,11-14,17-18H,1-3,5-7,9-10H2,(H,29,30)/t14?,17?,18-/m0/s1. The fourth-order valence-corrected chi connectivity index (χ4v) is 4.69. The van der Waals surface area contributed by atoms with E-state index in [1.54, 1.807) is 12.4 Å². The number of amides is 1. The lowest BCUT2D eigenvalue weighted by Gasteiger charge is -2.34. The Bertz CT molecular complexity index is 915. The Kier molecular flexibility index (Phi) is 6.83. The summed E-state index contributed by atoms with van der Waals surface area (Å²) in [5.41, 5.74) is 0.138. The van der Waals surface area contributed by atoms with Gasteiger partial charge in [-0.25, -0.2) is 9.97 Å². The van der Waals surface area contributed by atoms with E-state index in [2.05, 4.69) is 20.3 Å². The Hall–Kier alpha value is -2.42. The van der Waals surface area contributed by atoms with Crippen LogP contribution in [0.1, 0.15) is 49.8 Å². The van der Waals surface area contributed by atoms with Crippen molar-refractivity contribution in [2.45, 2.75) is 63.2 Å². The molecule has 1 N–H and O–H groups in total. The minimum absolute atomic E-state index is 0.00610. The summed E-state index contributed by atoms with van der Waals surface area (Å²) in [6.45, 7) is 0.660. The minimum Gasteiger partial charge on any atom is -0.358 e. The van der Waals surface area contributed by atoms with E-state index in [9.17, 15) is 18.0 Å². The molecule has 0 spiro atoms. The quantitative estimate of drug-likeness (QED) is 0.664. The van der Waals surface area contributed by atoms with E-state index in [0.717, 1.165) is 56.5 Å². The molecule has 172 valence electrons. The monoisotopic (exact) mass is 467 g/mol. The molecule has 0 unspecified atom stereocenters. The Balaban J connectivity index is 1.24. The molecule has 1 amide bonds. The second-order valence-corrected chi connectivity index (χ2v) is 8.88. The van der Waals surface area contributed by atoms with Crippen molar-refractivity contribution >= 4 is 23.3 Å². The fraction of sp³-hybridized carbons (Fsp3) is 0.545. The van der Waals surface area contributed by atoms with Crippen molar-refractivity contribution in [3.63, 3.8) is 0 Å². The van der Waals surface area contributed by atoms with Crippen LogP contribution in [0.3, 0.4) is 0 Å². The first kappa shape index (κ1) is 22.8. The second kappa shape index (κ2) is 9.60. The predicted molar refractivity (Wildman–Crippen MR) is 114 cm³/mol. The maximum absolute atomic E-state index is 12.9. The summed E-state index contributed by atoms with van der Waals surface area (Å²) < 4.78 is 38.1. The highest BCUT2D eigenvalue weighted by molar-refractivity contribution is 6.29. The van der Waals surface area contributed by atoms with Crippen molar-refractivity contribution in [3.8, 4) is 0 Å². The number of rotatable bonds is 6. The number of halogens is 4. The smallest absolute Gasteiger partial charge is 0.358 e. The highest BCUT2D eigenvalue weighted by Crippen LogP contribution is 2.33. The number of aryl methyl sites for hydroxylation is 1. The largest absolute Gasteiger partial charge is 0.417 e. The number of hydrogen-bond acceptors (Lipinski definition) is 5. The first-order valence-corrected chi connectivity index (χ1v) is 11.2. The number of carbonyl (C=O) groups is 1. The topological polar surface area (TPSA) is 71.0 Å². The first-order valence-electron chi connectivity index (χ1n) is 10.9. The molecule has 1 aliphatic heterocycles. The van der Waals surface area contributed by atoms with Gasteiger partial charge in [0.25, 0.3) is 0 Å². The summed E-state index contributed by atoms with van der Waals surface area (Å²) in [5.74, 6) is 0.894. The van der Waals surface area contributed by atoms with Crippen molar-refractivity contribution in [1.29, 1.82) is 0 Å². The highest BCUT2D eigenvalue weighted by atomic mass is 35.5. The molecule has 4 rings (SSSR count). The lowest BCUT2D eigenvalue weighted by molar-refractivity contribution is -0.137. The van der Waals surface area contributed by atoms with E-state index >= 15 is 0 Å². The molecule has 2 aromatic heterocycles. The molecule has 2 aliphatic rings. The molecule has 3 heterocycles. The SMILES string of the molecule is O=C1[C@@H](Nc2ccc(C(F)(F)F)cn2)CCN1C1CCC(CCc2cnc(Cl)cn2)CC1. The number of hydrogen-bond donors (Lipinski definition) is 1. The summed E-state index contributed by atoms with van der Waals surface area (Å²) in [4.78, 5) is 27.0. The van der Waals surface area contributed by atoms with E-state index in [-0.39, 0.29) is 17.8 Å². The molecule has 32 heavy (non-hydrogen) atoms. The van der Waals surface area contributed by atoms with Gasteiger partial charge >= 0.3 is 6.18 Å². The van der Waals surface area contributed by atoms with E-state index in [1.807, 2.05) is 4.90 Å². The zero-order valence-electron chi connectivity index (χ0n) is 17.5. The zero-order chi connectivity index (χ0) is 22.7. The van der Waals surface area contributed by atoms with Gasteiger partial charge in [0.1, 0.15) is 17.0 Å². The normalized spacial score (nSPS) is 24.1. The van der Waals surface area contributed by atoms with Gasteiger partial charge < -0.3 is 10.2 Å². The number of pyridine rings is 1. The highest BCUT2D eigenvalue weighted by Gasteiger charge is 2.37. The molecule has 1 saturated heterocycles. The van der Waals surface area contributed by atoms with Gasteiger partial charge in [-0.15, -0.1) is 0 Å². The van der Waals surface area contributed by atoms with Crippen LogP contribution in [0, 0.1) is 5.92 Å². The number of aromatic nitrogens is 3. The number of nitrogens with zero attached hydrogens (tertiary/aromatic N) is 4. The van der Waals surface area contributed by atoms with Crippen molar-refractivity contribution in [2.24, 2.45) is 5.92 Å². The molecule has 6 nitrogen and oxygen atoms in total. The number of carbonyl (C=O) groups excluding carboxylic acids is 1. The number of nitrogens with one attached hydrogen (secondary N) is 1. The molecular weight excluding hydrogens is 443 g/mol. The molecule has 0 bridgehead atoms. The lowest BCUT2D eigenvalue weighted by atomic mass is 9.82. The molecular formula is C22H25ClF3N5O. The average Bonchev–Trinajstić information content (AvgIpc) is 3.13. The van der Waals surface area contributed by atoms with E-state index in [1.165, 1.54) is 6.07 Å². The maximum atomic E-state index is 12.9. The van der Waals surface area contributed by atoms with Crippen LogP contribution in [-0.4, -0.2) is 44.4 Å². The van der Waals surface area contributed by atoms with Crippen molar-refractivity contribution < 1.29 is 18.0 Å². The molecule has 10 heteroatoms. The van der Waals surface area contributed by atoms with Gasteiger partial charge in [-0.3, -0.25) is 9.78 Å². The molecule has 0 radical (unpaired) electrons. The summed E-state index contributed by atoms with van der Waals surface area (Å²) in [6, 6.07) is 2.03. The molecule has 2 aromatic rings. The second-order valence-electron chi connectivity index (χ2n) is 8.49. The van der Waals surface area contributed by atoms with Gasteiger partial charge in [0.2, 0.25) is 5.91 Å². The zero-order valence-corrected chi connectivity index (χ0v) is 18.2. The van der Waals surface area contributed by atoms with Gasteiger partial charge in [0, 0.05) is 18.8 Å². The third kappa shape index (κ3) is 5.49. The van der Waals surface area contributed by atoms with Crippen LogP contribution in [0.4, 0.5) is 19.0 Å². The molecule has 2 fully saturated rings. The molecule has 1 aliphatic carbocycles. The summed E-state index contributed by atoms with van der Waals surface area (Å²) in [7, 11) is 0. The third-order valence-corrected chi connectivity index (χ3v) is 6.59. The van der Waals surface area contributed by atoms with Gasteiger partial charge in [0.05, 0.1) is 23.7 Å². The van der Waals surface area contributed by atoms with Crippen LogP contribution in [0.5, 0.6) is 0 Å². The van der Waals surface area contributed by atoms with Crippen LogP contribution < -0.4 is 5.32 Å². The Labute approximate surface area is 189 Å². The Morgan fingerprint density at radius 1 is 1.03 bits per heavy atom. The number of likely N-dealkylation sites (tertiary alicyclic amines) is 1. The summed E-state index contributed by atoms with van der Waals surface area (Å²) in [5, 5.41) is 3.39. The average molecular weight is 468 g/mol. The van der Waals surface area contributed by atoms with Crippen LogP contribution >= 0.6 is 11.6 Å². The van der Waals surface area contributed by atoms with Crippen LogP contribution in [0.25, 0.3) is 0 Å². The van der Waals surface area contributed by atoms with Gasteiger partial charge in [-0.05, 0) is 63.0 Å². The van der Waals surface area contributed by atoms with E-state index < -0.39 is 17.8 Å². The van der Waals surface area contributed by atoms with Gasteiger partial charge in [0.15, 0.2) is 0 Å². The Morgan fingerprint density at radius 3 is 2.44 bits per heavy atom. The van der Waals surface area contributed by atoms with Gasteiger partial charge in [-0.2, -0.15) is 13.2 Å². The lowest BCUT2D eigenvalue weighted by Crippen LogP contribution is -2.42. The summed E-state index contributed by atoms with van der Waals surface area (Å²) in [6.07, 6.45) is 6.24. The van der Waals surface area contributed by atoms with E-state index in [0.29, 0.717) is 24.0 Å². The van der Waals surface area contributed by atoms with Crippen LogP contribution in [0.15, 0.2) is 30.7 Å². The third-order valence-electron chi connectivity index (χ3n) is 6.39. The molecule has 1 atom stereocenters. The van der Waals surface area contributed by atoms with E-state index in [4.69, 9.17) is 11.6 Å². The predicted octanol–water partition coefficient (Wildman–Crippen LogP) is 4.75. The minimum atomic E-state index is -4.42. The Morgan fingerprint density at radius 2 is 1.81 bits per heavy atom.